The van der Waals surface area contributed by atoms with Gasteiger partial charge in [-0.3, -0.25) is 9.69 Å². The summed E-state index contributed by atoms with van der Waals surface area (Å²) in [6, 6.07) is 11.1. The second kappa shape index (κ2) is 6.58. The highest BCUT2D eigenvalue weighted by Gasteiger charge is 2.50. The van der Waals surface area contributed by atoms with Crippen LogP contribution in [0.15, 0.2) is 42.6 Å². The maximum absolute atomic E-state index is 13.8. The minimum absolute atomic E-state index is 0.00804. The molecule has 0 N–H and O–H groups in total. The first-order chi connectivity index (χ1) is 13.6. The van der Waals surface area contributed by atoms with Crippen LogP contribution in [0.5, 0.6) is 0 Å². The molecule has 0 spiro atoms. The lowest BCUT2D eigenvalue weighted by Gasteiger charge is -2.37. The Morgan fingerprint density at radius 3 is 2.71 bits per heavy atom. The van der Waals surface area contributed by atoms with Gasteiger partial charge in [0.1, 0.15) is 6.10 Å². The first-order valence-electron chi connectivity index (χ1n) is 9.60. The zero-order valence-electron chi connectivity index (χ0n) is 15.3. The van der Waals surface area contributed by atoms with Crippen LogP contribution in [0.25, 0.3) is 0 Å². The van der Waals surface area contributed by atoms with Gasteiger partial charge in [-0.25, -0.2) is 9.78 Å². The molecule has 1 aliphatic carbocycles. The van der Waals surface area contributed by atoms with Crippen LogP contribution < -0.4 is 0 Å². The Labute approximate surface area is 161 Å². The molecule has 28 heavy (non-hydrogen) atoms. The quantitative estimate of drug-likeness (QED) is 0.751. The van der Waals surface area contributed by atoms with Crippen LogP contribution in [-0.2, 0) is 11.2 Å². The molecule has 0 radical (unpaired) electrons. The smallest absolute Gasteiger partial charge is 0.411 e. The summed E-state index contributed by atoms with van der Waals surface area (Å²) in [6.45, 7) is 0.946. The molecule has 1 aromatic carbocycles. The maximum Gasteiger partial charge on any atom is 0.411 e. The zero-order valence-corrected chi connectivity index (χ0v) is 15.3. The number of fused-ring (bicyclic) bond motifs is 3. The lowest BCUT2D eigenvalue weighted by Crippen LogP contribution is -2.48. The summed E-state index contributed by atoms with van der Waals surface area (Å²) in [5.74, 6) is -1.10. The van der Waals surface area contributed by atoms with Crippen molar-refractivity contribution in [1.29, 1.82) is 0 Å². The van der Waals surface area contributed by atoms with Crippen molar-refractivity contribution in [2.24, 2.45) is 0 Å². The van der Waals surface area contributed by atoms with E-state index in [1.165, 1.54) is 17.8 Å². The topological polar surface area (TPSA) is 62.7 Å². The van der Waals surface area contributed by atoms with Gasteiger partial charge < -0.3 is 9.64 Å². The van der Waals surface area contributed by atoms with Crippen LogP contribution in [0.4, 0.5) is 9.18 Å². The highest BCUT2D eigenvalue weighted by atomic mass is 19.1. The number of rotatable bonds is 2. The molecule has 7 heteroatoms. The molecule has 2 amide bonds. The fourth-order valence-electron chi connectivity index (χ4n) is 4.72. The highest BCUT2D eigenvalue weighted by molar-refractivity contribution is 5.94. The number of carbonyl (C=O) groups excluding carboxylic acids is 2. The zero-order chi connectivity index (χ0) is 19.3. The number of piperidine rings is 1. The third-order valence-electron chi connectivity index (χ3n) is 6.04. The summed E-state index contributed by atoms with van der Waals surface area (Å²) in [5, 5.41) is 0. The van der Waals surface area contributed by atoms with Gasteiger partial charge in [-0.1, -0.05) is 24.3 Å². The lowest BCUT2D eigenvalue weighted by molar-refractivity contribution is 0.0630. The molecule has 144 valence electrons. The van der Waals surface area contributed by atoms with Crippen molar-refractivity contribution in [2.45, 2.75) is 37.5 Å². The van der Waals surface area contributed by atoms with Gasteiger partial charge in [0.2, 0.25) is 5.95 Å². The van der Waals surface area contributed by atoms with Gasteiger partial charge >= 0.3 is 6.09 Å². The van der Waals surface area contributed by atoms with Crippen LogP contribution in [0.3, 0.4) is 0 Å². The summed E-state index contributed by atoms with van der Waals surface area (Å²) in [7, 11) is 0. The van der Waals surface area contributed by atoms with Crippen molar-refractivity contribution in [2.75, 3.05) is 13.1 Å². The van der Waals surface area contributed by atoms with Crippen LogP contribution in [0.2, 0.25) is 0 Å². The lowest BCUT2D eigenvalue weighted by atomic mass is 9.98. The van der Waals surface area contributed by atoms with Crippen LogP contribution >= 0.6 is 0 Å². The molecular weight excluding hydrogens is 361 g/mol. The minimum atomic E-state index is -0.747. The average molecular weight is 381 g/mol. The molecule has 2 atom stereocenters. The molecule has 2 saturated heterocycles. The molecule has 3 heterocycles. The van der Waals surface area contributed by atoms with Gasteiger partial charge in [-0.15, -0.1) is 0 Å². The summed E-state index contributed by atoms with van der Waals surface area (Å²) in [5.41, 5.74) is 2.38. The van der Waals surface area contributed by atoms with E-state index in [4.69, 9.17) is 4.74 Å². The fourth-order valence-corrected chi connectivity index (χ4v) is 4.72. The number of ether oxygens (including phenoxy) is 1. The third-order valence-corrected chi connectivity index (χ3v) is 6.04. The van der Waals surface area contributed by atoms with Crippen molar-refractivity contribution in [1.82, 2.24) is 14.8 Å². The van der Waals surface area contributed by atoms with Gasteiger partial charge in [0, 0.05) is 31.7 Å². The summed E-state index contributed by atoms with van der Waals surface area (Å²) in [6.07, 6.45) is 2.97. The van der Waals surface area contributed by atoms with Crippen LogP contribution in [-0.4, -0.2) is 52.0 Å². The Hall–Kier alpha value is -2.96. The van der Waals surface area contributed by atoms with E-state index in [9.17, 15) is 14.0 Å². The molecule has 6 nitrogen and oxygen atoms in total. The monoisotopic (exact) mass is 381 g/mol. The molecule has 2 aliphatic heterocycles. The maximum atomic E-state index is 13.8. The Morgan fingerprint density at radius 1 is 1.14 bits per heavy atom. The number of halogens is 1. The standard InChI is InChI=1S/C21H20FN3O3/c22-19-16(6-3-9-23-19)20(26)24-10-7-14(8-11-24)25-18-15-5-2-1-4-13(15)12-17(18)28-21(25)27/h1-6,9,14,17-18H,7-8,10-12H2/t17-,18+/m0/s1. The number of carbonyl (C=O) groups is 2. The van der Waals surface area contributed by atoms with E-state index in [0.717, 1.165) is 12.0 Å². The van der Waals surface area contributed by atoms with Gasteiger partial charge in [0.15, 0.2) is 0 Å². The van der Waals surface area contributed by atoms with Gasteiger partial charge in [0.05, 0.1) is 11.6 Å². The number of pyridine rings is 1. The van der Waals surface area contributed by atoms with Gasteiger partial charge in [-0.05, 0) is 36.1 Å². The second-order valence-corrected chi connectivity index (χ2v) is 7.54. The molecule has 3 aliphatic rings. The number of hydrogen-bond acceptors (Lipinski definition) is 4. The average Bonchev–Trinajstić information content (AvgIpc) is 3.22. The number of benzene rings is 1. The largest absolute Gasteiger partial charge is 0.443 e. The predicted molar refractivity (Wildman–Crippen MR) is 98.1 cm³/mol. The van der Waals surface area contributed by atoms with E-state index in [0.29, 0.717) is 25.9 Å². The fraction of sp³-hybridized carbons (Fsp3) is 0.381. The third kappa shape index (κ3) is 2.65. The van der Waals surface area contributed by atoms with E-state index in [1.807, 2.05) is 17.0 Å². The Kier molecular flexibility index (Phi) is 4.03. The molecule has 1 aromatic heterocycles. The molecule has 2 aromatic rings. The molecule has 2 fully saturated rings. The van der Waals surface area contributed by atoms with E-state index in [1.54, 1.807) is 11.0 Å². The molecule has 0 saturated carbocycles. The first kappa shape index (κ1) is 17.2. The van der Waals surface area contributed by atoms with Crippen LogP contribution in [0.1, 0.15) is 40.4 Å². The van der Waals surface area contributed by atoms with Crippen molar-refractivity contribution < 1.29 is 18.7 Å². The number of amides is 2. The van der Waals surface area contributed by atoms with E-state index >= 15 is 0 Å². The number of nitrogens with zero attached hydrogens (tertiary/aromatic N) is 3. The molecule has 0 bridgehead atoms. The first-order valence-corrected chi connectivity index (χ1v) is 9.60. The minimum Gasteiger partial charge on any atom is -0.443 e. The van der Waals surface area contributed by atoms with Crippen molar-refractivity contribution >= 4 is 12.0 Å². The second-order valence-electron chi connectivity index (χ2n) is 7.54. The van der Waals surface area contributed by atoms with Gasteiger partial charge in [0.25, 0.3) is 5.91 Å². The molecule has 5 rings (SSSR count). The van der Waals surface area contributed by atoms with Crippen molar-refractivity contribution in [3.05, 3.63) is 65.2 Å². The number of aromatic nitrogens is 1. The Balaban J connectivity index is 1.31. The molecule has 0 unspecified atom stereocenters. The van der Waals surface area contributed by atoms with Crippen molar-refractivity contribution in [3.63, 3.8) is 0 Å². The van der Waals surface area contributed by atoms with Gasteiger partial charge in [-0.2, -0.15) is 4.39 Å². The Morgan fingerprint density at radius 2 is 1.93 bits per heavy atom. The normalized spacial score (nSPS) is 24.1. The van der Waals surface area contributed by atoms with Crippen LogP contribution in [0, 0.1) is 5.95 Å². The SMILES string of the molecule is O=C(c1cccnc1F)N1CCC(N2C(=O)O[C@H]3Cc4ccccc4[C@H]32)CC1. The summed E-state index contributed by atoms with van der Waals surface area (Å²) < 4.78 is 19.5. The van der Waals surface area contributed by atoms with E-state index in [2.05, 4.69) is 17.1 Å². The summed E-state index contributed by atoms with van der Waals surface area (Å²) in [4.78, 5) is 32.2. The van der Waals surface area contributed by atoms with E-state index in [-0.39, 0.29) is 35.8 Å². The van der Waals surface area contributed by atoms with E-state index < -0.39 is 5.95 Å². The predicted octanol–water partition coefficient (Wildman–Crippen LogP) is 2.94. The number of likely N-dealkylation sites (tertiary alicyclic amines) is 1. The van der Waals surface area contributed by atoms with Crippen molar-refractivity contribution in [3.8, 4) is 0 Å². The highest BCUT2D eigenvalue weighted by Crippen LogP contribution is 2.44. The molecular formula is C21H20FN3O3. The Bertz CT molecular complexity index is 942. The number of hydrogen-bond donors (Lipinski definition) is 0. The summed E-state index contributed by atoms with van der Waals surface area (Å²) >= 11 is 0.